The van der Waals surface area contributed by atoms with Crippen LogP contribution < -0.4 is 0 Å². The van der Waals surface area contributed by atoms with Gasteiger partial charge in [-0.05, 0) is 22.3 Å². The predicted octanol–water partition coefficient (Wildman–Crippen LogP) is 2.91. The Morgan fingerprint density at radius 2 is 1.65 bits per heavy atom. The van der Waals surface area contributed by atoms with Crippen LogP contribution in [0.1, 0.15) is 23.5 Å². The molecule has 6 heteroatoms. The molecule has 2 aromatic carbocycles. The molecule has 0 fully saturated rings. The molecule has 1 atom stereocenters. The number of rotatable bonds is 6. The van der Waals surface area contributed by atoms with Crippen LogP contribution in [0, 0.1) is 0 Å². The average molecular weight is 353 g/mol. The molecule has 3 rings (SSSR count). The topological polar surface area (TPSA) is 83.9 Å². The lowest BCUT2D eigenvalue weighted by Crippen LogP contribution is -2.43. The Hall–Kier alpha value is -3.15. The van der Waals surface area contributed by atoms with Gasteiger partial charge in [-0.2, -0.15) is 0 Å². The van der Waals surface area contributed by atoms with E-state index in [0.717, 1.165) is 27.2 Å². The number of nitrogens with zero attached hydrogens (tertiary/aromatic N) is 1. The van der Waals surface area contributed by atoms with Crippen LogP contribution in [0.4, 0.5) is 4.79 Å². The standard InChI is InChI=1S/C20H19NO5/c1-21(18(10-11-22)19(23)24)20(25)26-12-17-15-8-4-2-6-13(15)14-7-3-5-9-16(14)17/h2-9,11,17-18H,10,12H2,1H3,(H,23,24). The van der Waals surface area contributed by atoms with Crippen LogP contribution in [0.15, 0.2) is 48.5 Å². The van der Waals surface area contributed by atoms with Gasteiger partial charge in [0.2, 0.25) is 0 Å². The molecule has 1 amide bonds. The van der Waals surface area contributed by atoms with Crippen molar-refractivity contribution in [3.05, 3.63) is 59.7 Å². The van der Waals surface area contributed by atoms with E-state index in [0.29, 0.717) is 6.29 Å². The zero-order chi connectivity index (χ0) is 18.7. The van der Waals surface area contributed by atoms with Crippen molar-refractivity contribution < 1.29 is 24.2 Å². The molecule has 0 radical (unpaired) electrons. The number of benzene rings is 2. The number of amides is 1. The first-order valence-corrected chi connectivity index (χ1v) is 8.28. The van der Waals surface area contributed by atoms with E-state index in [1.165, 1.54) is 7.05 Å². The van der Waals surface area contributed by atoms with Crippen molar-refractivity contribution in [1.82, 2.24) is 4.90 Å². The van der Waals surface area contributed by atoms with Gasteiger partial charge in [0.1, 0.15) is 18.9 Å². The maximum Gasteiger partial charge on any atom is 0.410 e. The first-order chi connectivity index (χ1) is 12.5. The summed E-state index contributed by atoms with van der Waals surface area (Å²) in [6.07, 6.45) is -0.566. The van der Waals surface area contributed by atoms with Crippen molar-refractivity contribution in [1.29, 1.82) is 0 Å². The Labute approximate surface area is 151 Å². The lowest BCUT2D eigenvalue weighted by Gasteiger charge is -2.23. The highest BCUT2D eigenvalue weighted by Crippen LogP contribution is 2.44. The maximum absolute atomic E-state index is 12.3. The molecule has 1 N–H and O–H groups in total. The second kappa shape index (κ2) is 7.39. The van der Waals surface area contributed by atoms with E-state index in [-0.39, 0.29) is 18.9 Å². The number of carbonyl (C=O) groups is 3. The van der Waals surface area contributed by atoms with Crippen molar-refractivity contribution in [2.24, 2.45) is 0 Å². The molecule has 0 aromatic heterocycles. The first-order valence-electron chi connectivity index (χ1n) is 8.28. The average Bonchev–Trinajstić information content (AvgIpc) is 2.97. The minimum Gasteiger partial charge on any atom is -0.480 e. The monoisotopic (exact) mass is 353 g/mol. The van der Waals surface area contributed by atoms with Crippen molar-refractivity contribution in [2.75, 3.05) is 13.7 Å². The third-order valence-corrected chi connectivity index (χ3v) is 4.70. The quantitative estimate of drug-likeness (QED) is 0.807. The van der Waals surface area contributed by atoms with Gasteiger partial charge in [-0.3, -0.25) is 4.90 Å². The summed E-state index contributed by atoms with van der Waals surface area (Å²) in [7, 11) is 1.32. The molecule has 6 nitrogen and oxygen atoms in total. The second-order valence-electron chi connectivity index (χ2n) is 6.17. The van der Waals surface area contributed by atoms with E-state index < -0.39 is 18.1 Å². The number of ether oxygens (including phenoxy) is 1. The number of hydrogen-bond acceptors (Lipinski definition) is 4. The Kier molecular flexibility index (Phi) is 5.02. The predicted molar refractivity (Wildman–Crippen MR) is 94.9 cm³/mol. The molecule has 26 heavy (non-hydrogen) atoms. The van der Waals surface area contributed by atoms with Crippen LogP contribution in [0.2, 0.25) is 0 Å². The number of likely N-dealkylation sites (N-methyl/N-ethyl adjacent to an activating group) is 1. The van der Waals surface area contributed by atoms with Crippen LogP contribution in [0.25, 0.3) is 11.1 Å². The van der Waals surface area contributed by atoms with Gasteiger partial charge in [0.15, 0.2) is 0 Å². The highest BCUT2D eigenvalue weighted by molar-refractivity contribution is 5.82. The Balaban J connectivity index is 1.76. The Morgan fingerprint density at radius 3 is 2.15 bits per heavy atom. The molecule has 0 saturated heterocycles. The normalized spacial score (nSPS) is 13.4. The molecule has 1 aliphatic rings. The Morgan fingerprint density at radius 1 is 1.12 bits per heavy atom. The number of hydrogen-bond donors (Lipinski definition) is 1. The second-order valence-corrected chi connectivity index (χ2v) is 6.17. The molecule has 0 bridgehead atoms. The van der Waals surface area contributed by atoms with Gasteiger partial charge in [-0.25, -0.2) is 9.59 Å². The summed E-state index contributed by atoms with van der Waals surface area (Å²) in [4.78, 5) is 35.1. The van der Waals surface area contributed by atoms with Gasteiger partial charge in [0, 0.05) is 19.4 Å². The van der Waals surface area contributed by atoms with Crippen LogP contribution in [-0.4, -0.2) is 48.1 Å². The van der Waals surface area contributed by atoms with Crippen molar-refractivity contribution in [3.8, 4) is 11.1 Å². The minimum atomic E-state index is -1.24. The zero-order valence-electron chi connectivity index (χ0n) is 14.3. The fourth-order valence-corrected chi connectivity index (χ4v) is 3.34. The molecule has 1 aliphatic carbocycles. The lowest BCUT2D eigenvalue weighted by molar-refractivity contribution is -0.143. The summed E-state index contributed by atoms with van der Waals surface area (Å²) in [5, 5.41) is 9.16. The molecular formula is C20H19NO5. The molecule has 0 heterocycles. The van der Waals surface area contributed by atoms with Gasteiger partial charge in [0.25, 0.3) is 0 Å². The number of carboxylic acids is 1. The molecular weight excluding hydrogens is 334 g/mol. The molecule has 0 saturated carbocycles. The fourth-order valence-electron chi connectivity index (χ4n) is 3.34. The number of fused-ring (bicyclic) bond motifs is 3. The van der Waals surface area contributed by atoms with E-state index >= 15 is 0 Å². The SMILES string of the molecule is CN(C(=O)OCC1c2ccccc2-c2ccccc21)C(CC=O)C(=O)O. The van der Waals surface area contributed by atoms with E-state index in [4.69, 9.17) is 9.84 Å². The number of carbonyl (C=O) groups excluding carboxylic acids is 2. The first kappa shape index (κ1) is 17.7. The summed E-state index contributed by atoms with van der Waals surface area (Å²) in [5.74, 6) is -1.35. The summed E-state index contributed by atoms with van der Waals surface area (Å²) in [6.45, 7) is 0.102. The third-order valence-electron chi connectivity index (χ3n) is 4.70. The molecule has 134 valence electrons. The highest BCUT2D eigenvalue weighted by atomic mass is 16.6. The Bertz CT molecular complexity index is 802. The molecule has 0 aliphatic heterocycles. The van der Waals surface area contributed by atoms with Crippen LogP contribution in [-0.2, 0) is 14.3 Å². The van der Waals surface area contributed by atoms with Gasteiger partial charge in [0.05, 0.1) is 0 Å². The molecule has 2 aromatic rings. The lowest BCUT2D eigenvalue weighted by atomic mass is 9.98. The van der Waals surface area contributed by atoms with Gasteiger partial charge < -0.3 is 14.6 Å². The smallest absolute Gasteiger partial charge is 0.410 e. The van der Waals surface area contributed by atoms with Crippen LogP contribution >= 0.6 is 0 Å². The van der Waals surface area contributed by atoms with Crippen LogP contribution in [0.3, 0.4) is 0 Å². The van der Waals surface area contributed by atoms with Gasteiger partial charge >= 0.3 is 12.1 Å². The van der Waals surface area contributed by atoms with Crippen molar-refractivity contribution in [3.63, 3.8) is 0 Å². The number of aldehydes is 1. The van der Waals surface area contributed by atoms with Crippen molar-refractivity contribution in [2.45, 2.75) is 18.4 Å². The van der Waals surface area contributed by atoms with Gasteiger partial charge in [-0.1, -0.05) is 48.5 Å². The van der Waals surface area contributed by atoms with Crippen LogP contribution in [0.5, 0.6) is 0 Å². The maximum atomic E-state index is 12.3. The van der Waals surface area contributed by atoms with E-state index in [2.05, 4.69) is 0 Å². The van der Waals surface area contributed by atoms with E-state index in [1.807, 2.05) is 48.5 Å². The summed E-state index contributed by atoms with van der Waals surface area (Å²) in [6, 6.07) is 14.7. The highest BCUT2D eigenvalue weighted by Gasteiger charge is 2.31. The zero-order valence-corrected chi connectivity index (χ0v) is 14.3. The van der Waals surface area contributed by atoms with Crippen molar-refractivity contribution >= 4 is 18.3 Å². The molecule has 0 spiro atoms. The minimum absolute atomic E-state index is 0.102. The third kappa shape index (κ3) is 3.18. The largest absolute Gasteiger partial charge is 0.480 e. The van der Waals surface area contributed by atoms with Gasteiger partial charge in [-0.15, -0.1) is 0 Å². The number of aliphatic carboxylic acids is 1. The summed E-state index contributed by atoms with van der Waals surface area (Å²) >= 11 is 0. The summed E-state index contributed by atoms with van der Waals surface area (Å²) in [5.41, 5.74) is 4.38. The van der Waals surface area contributed by atoms with E-state index in [9.17, 15) is 14.4 Å². The molecule has 1 unspecified atom stereocenters. The number of carboxylic acid groups (broad SMARTS) is 1. The fraction of sp³-hybridized carbons (Fsp3) is 0.250. The van der Waals surface area contributed by atoms with E-state index in [1.54, 1.807) is 0 Å². The summed E-state index contributed by atoms with van der Waals surface area (Å²) < 4.78 is 5.39.